The van der Waals surface area contributed by atoms with Crippen molar-refractivity contribution in [1.29, 1.82) is 0 Å². The Bertz CT molecular complexity index is 582. The van der Waals surface area contributed by atoms with E-state index in [9.17, 15) is 5.11 Å². The first-order valence-corrected chi connectivity index (χ1v) is 6.24. The van der Waals surface area contributed by atoms with Crippen LogP contribution in [0.3, 0.4) is 0 Å². The van der Waals surface area contributed by atoms with Crippen LogP contribution < -0.4 is 9.47 Å². The van der Waals surface area contributed by atoms with E-state index in [4.69, 9.17) is 9.47 Å². The zero-order valence-electron chi connectivity index (χ0n) is 11.5. The van der Waals surface area contributed by atoms with E-state index in [0.29, 0.717) is 5.69 Å². The molecule has 0 spiro atoms. The van der Waals surface area contributed by atoms with Gasteiger partial charge in [-0.25, -0.2) is 0 Å². The van der Waals surface area contributed by atoms with Crippen LogP contribution >= 0.6 is 0 Å². The van der Waals surface area contributed by atoms with Gasteiger partial charge in [-0.2, -0.15) is 0 Å². The highest BCUT2D eigenvalue weighted by Gasteiger charge is 2.06. The van der Waals surface area contributed by atoms with Crippen molar-refractivity contribution in [3.8, 4) is 11.5 Å². The van der Waals surface area contributed by atoms with Crippen LogP contribution in [0.2, 0.25) is 0 Å². The zero-order valence-corrected chi connectivity index (χ0v) is 11.5. The number of pyridine rings is 1. The Morgan fingerprint density at radius 3 is 2.65 bits per heavy atom. The van der Waals surface area contributed by atoms with Crippen molar-refractivity contribution in [2.45, 2.75) is 6.10 Å². The molecule has 1 atom stereocenters. The average Bonchev–Trinajstić information content (AvgIpc) is 2.53. The summed E-state index contributed by atoms with van der Waals surface area (Å²) in [6.45, 7) is 0. The maximum atomic E-state index is 10.1. The quantitative estimate of drug-likeness (QED) is 0.908. The highest BCUT2D eigenvalue weighted by atomic mass is 16.5. The Hall–Kier alpha value is -2.33. The van der Waals surface area contributed by atoms with Gasteiger partial charge in [0, 0.05) is 11.8 Å². The molecule has 2 aromatic rings. The molecule has 104 valence electrons. The fraction of sp³-hybridized carbons (Fsp3) is 0.188. The Balaban J connectivity index is 2.22. The second-order valence-corrected chi connectivity index (χ2v) is 4.17. The van der Waals surface area contributed by atoms with Crippen molar-refractivity contribution < 1.29 is 14.6 Å². The van der Waals surface area contributed by atoms with Gasteiger partial charge in [-0.3, -0.25) is 4.98 Å². The lowest BCUT2D eigenvalue weighted by molar-refractivity contribution is 0.224. The molecule has 0 bridgehead atoms. The molecule has 4 heteroatoms. The SMILES string of the molecule is COc1ccc(OC)c(/C=C/C(O)c2ccccn2)c1. The van der Waals surface area contributed by atoms with Crippen LogP contribution in [0.1, 0.15) is 17.4 Å². The van der Waals surface area contributed by atoms with Crippen molar-refractivity contribution in [1.82, 2.24) is 4.98 Å². The molecule has 1 unspecified atom stereocenters. The predicted molar refractivity (Wildman–Crippen MR) is 77.8 cm³/mol. The molecule has 0 radical (unpaired) electrons. The topological polar surface area (TPSA) is 51.6 Å². The first-order valence-electron chi connectivity index (χ1n) is 6.24. The normalized spacial score (nSPS) is 12.3. The number of methoxy groups -OCH3 is 2. The number of aliphatic hydroxyl groups is 1. The van der Waals surface area contributed by atoms with E-state index >= 15 is 0 Å². The molecule has 1 aromatic carbocycles. The van der Waals surface area contributed by atoms with Gasteiger partial charge in [0.05, 0.1) is 19.9 Å². The lowest BCUT2D eigenvalue weighted by Crippen LogP contribution is -1.96. The highest BCUT2D eigenvalue weighted by Crippen LogP contribution is 2.26. The molecule has 1 N–H and O–H groups in total. The number of aromatic nitrogens is 1. The molecule has 0 saturated carbocycles. The molecule has 2 rings (SSSR count). The number of rotatable bonds is 5. The molecule has 0 saturated heterocycles. The maximum absolute atomic E-state index is 10.1. The zero-order chi connectivity index (χ0) is 14.4. The van der Waals surface area contributed by atoms with Gasteiger partial charge in [-0.05, 0) is 36.4 Å². The molecule has 0 aliphatic heterocycles. The minimum Gasteiger partial charge on any atom is -0.497 e. The van der Waals surface area contributed by atoms with Crippen LogP contribution in [0.15, 0.2) is 48.7 Å². The third-order valence-corrected chi connectivity index (χ3v) is 2.89. The average molecular weight is 271 g/mol. The summed E-state index contributed by atoms with van der Waals surface area (Å²) in [6, 6.07) is 10.9. The van der Waals surface area contributed by atoms with Gasteiger partial charge in [0.15, 0.2) is 0 Å². The summed E-state index contributed by atoms with van der Waals surface area (Å²) in [5.74, 6) is 1.45. The molecule has 0 fully saturated rings. The summed E-state index contributed by atoms with van der Waals surface area (Å²) in [6.07, 6.45) is 4.35. The second kappa shape index (κ2) is 6.73. The fourth-order valence-corrected chi connectivity index (χ4v) is 1.81. The van der Waals surface area contributed by atoms with Crippen molar-refractivity contribution in [3.05, 3.63) is 59.9 Å². The summed E-state index contributed by atoms with van der Waals surface area (Å²) in [5, 5.41) is 10.1. The van der Waals surface area contributed by atoms with E-state index in [2.05, 4.69) is 4.98 Å². The predicted octanol–water partition coefficient (Wildman–Crippen LogP) is 2.85. The largest absolute Gasteiger partial charge is 0.497 e. The molecule has 1 heterocycles. The van der Waals surface area contributed by atoms with E-state index in [-0.39, 0.29) is 0 Å². The van der Waals surface area contributed by atoms with E-state index in [1.54, 1.807) is 38.6 Å². The number of aliphatic hydroxyl groups excluding tert-OH is 1. The van der Waals surface area contributed by atoms with Crippen LogP contribution in [0.25, 0.3) is 6.08 Å². The number of hydrogen-bond acceptors (Lipinski definition) is 4. The van der Waals surface area contributed by atoms with Crippen LogP contribution in [-0.2, 0) is 0 Å². The minimum absolute atomic E-state index is 0.602. The van der Waals surface area contributed by atoms with Crippen molar-refractivity contribution in [2.75, 3.05) is 14.2 Å². The fourth-order valence-electron chi connectivity index (χ4n) is 1.81. The summed E-state index contributed by atoms with van der Waals surface area (Å²) < 4.78 is 10.5. The molecule has 1 aromatic heterocycles. The van der Waals surface area contributed by atoms with Gasteiger partial charge >= 0.3 is 0 Å². The summed E-state index contributed by atoms with van der Waals surface area (Å²) in [7, 11) is 3.21. The number of nitrogens with zero attached hydrogens (tertiary/aromatic N) is 1. The van der Waals surface area contributed by atoms with Gasteiger partial charge < -0.3 is 14.6 Å². The molecular formula is C16H17NO3. The summed E-state index contributed by atoms with van der Waals surface area (Å²) in [4.78, 5) is 4.11. The minimum atomic E-state index is -0.757. The maximum Gasteiger partial charge on any atom is 0.126 e. The van der Waals surface area contributed by atoms with Gasteiger partial charge in [0.25, 0.3) is 0 Å². The van der Waals surface area contributed by atoms with Crippen LogP contribution in [0.4, 0.5) is 0 Å². The summed E-state index contributed by atoms with van der Waals surface area (Å²) >= 11 is 0. The first kappa shape index (κ1) is 14.1. The van der Waals surface area contributed by atoms with E-state index in [0.717, 1.165) is 17.1 Å². The van der Waals surface area contributed by atoms with Gasteiger partial charge in [-0.1, -0.05) is 12.1 Å². The lowest BCUT2D eigenvalue weighted by Gasteiger charge is -2.08. The van der Waals surface area contributed by atoms with Crippen LogP contribution in [-0.4, -0.2) is 24.3 Å². The van der Waals surface area contributed by atoms with Gasteiger partial charge in [0.1, 0.15) is 17.6 Å². The van der Waals surface area contributed by atoms with Crippen molar-refractivity contribution >= 4 is 6.08 Å². The molecule has 0 amide bonds. The monoisotopic (exact) mass is 271 g/mol. The molecular weight excluding hydrogens is 254 g/mol. The van der Waals surface area contributed by atoms with Crippen molar-refractivity contribution in [3.63, 3.8) is 0 Å². The number of benzene rings is 1. The lowest BCUT2D eigenvalue weighted by atomic mass is 10.1. The third-order valence-electron chi connectivity index (χ3n) is 2.89. The smallest absolute Gasteiger partial charge is 0.126 e. The van der Waals surface area contributed by atoms with Crippen molar-refractivity contribution in [2.24, 2.45) is 0 Å². The van der Waals surface area contributed by atoms with Gasteiger partial charge in [-0.15, -0.1) is 0 Å². The Morgan fingerprint density at radius 1 is 1.15 bits per heavy atom. The highest BCUT2D eigenvalue weighted by molar-refractivity contribution is 5.60. The third kappa shape index (κ3) is 3.36. The standard InChI is InChI=1S/C16H17NO3/c1-19-13-7-9-16(20-2)12(11-13)6-8-15(18)14-5-3-4-10-17-14/h3-11,15,18H,1-2H3/b8-6+. The Morgan fingerprint density at radius 2 is 2.00 bits per heavy atom. The van der Waals surface area contributed by atoms with E-state index in [1.807, 2.05) is 30.3 Å². The van der Waals surface area contributed by atoms with Crippen LogP contribution in [0, 0.1) is 0 Å². The second-order valence-electron chi connectivity index (χ2n) is 4.17. The van der Waals surface area contributed by atoms with Crippen LogP contribution in [0.5, 0.6) is 11.5 Å². The van der Waals surface area contributed by atoms with Gasteiger partial charge in [0.2, 0.25) is 0 Å². The number of ether oxygens (including phenoxy) is 2. The molecule has 4 nitrogen and oxygen atoms in total. The Labute approximate surface area is 118 Å². The molecule has 0 aliphatic carbocycles. The van der Waals surface area contributed by atoms with E-state index < -0.39 is 6.10 Å². The summed E-state index contributed by atoms with van der Waals surface area (Å²) in [5.41, 5.74) is 1.44. The molecule has 0 aliphatic rings. The van der Waals surface area contributed by atoms with E-state index in [1.165, 1.54) is 0 Å². The number of hydrogen-bond donors (Lipinski definition) is 1. The molecule has 20 heavy (non-hydrogen) atoms. The Kier molecular flexibility index (Phi) is 4.74. The first-order chi connectivity index (χ1) is 9.74.